The van der Waals surface area contributed by atoms with E-state index in [1.54, 1.807) is 0 Å². The second-order valence-electron chi connectivity index (χ2n) is 5.53. The van der Waals surface area contributed by atoms with Gasteiger partial charge in [-0.1, -0.05) is 0 Å². The van der Waals surface area contributed by atoms with E-state index in [9.17, 15) is 22.8 Å². The molecule has 0 aromatic heterocycles. The maximum atomic E-state index is 12.4. The lowest BCUT2D eigenvalue weighted by atomic mass is 9.65. The number of nitrogens with one attached hydrogen (secondary N) is 2. The summed E-state index contributed by atoms with van der Waals surface area (Å²) >= 11 is 0. The molecule has 0 aromatic carbocycles. The second kappa shape index (κ2) is 5.23. The van der Waals surface area contributed by atoms with Crippen LogP contribution in [0.3, 0.4) is 0 Å². The van der Waals surface area contributed by atoms with Crippen molar-refractivity contribution in [3.05, 3.63) is 0 Å². The van der Waals surface area contributed by atoms with Crippen molar-refractivity contribution in [2.75, 3.05) is 6.54 Å². The van der Waals surface area contributed by atoms with E-state index in [0.29, 0.717) is 32.2 Å². The smallest absolute Gasteiger partial charge is 0.471 e. The molecule has 0 spiro atoms. The summed E-state index contributed by atoms with van der Waals surface area (Å²) < 4.78 is 37.1. The van der Waals surface area contributed by atoms with E-state index < -0.39 is 29.6 Å². The number of alkyl halides is 3. The largest absolute Gasteiger partial charge is 0.480 e. The summed E-state index contributed by atoms with van der Waals surface area (Å²) in [7, 11) is 0. The van der Waals surface area contributed by atoms with E-state index in [1.807, 2.05) is 0 Å². The van der Waals surface area contributed by atoms with Gasteiger partial charge < -0.3 is 15.7 Å². The van der Waals surface area contributed by atoms with Crippen molar-refractivity contribution in [3.63, 3.8) is 0 Å². The van der Waals surface area contributed by atoms with Gasteiger partial charge >= 0.3 is 18.1 Å². The Labute approximate surface area is 113 Å². The molecule has 114 valence electrons. The van der Waals surface area contributed by atoms with Gasteiger partial charge in [0.05, 0.1) is 0 Å². The summed E-state index contributed by atoms with van der Waals surface area (Å²) in [6, 6.07) is -0.651. The van der Waals surface area contributed by atoms with Crippen LogP contribution in [0, 0.1) is 5.92 Å². The van der Waals surface area contributed by atoms with Gasteiger partial charge in [0, 0.05) is 12.1 Å². The number of hydrogen-bond donors (Lipinski definition) is 3. The van der Waals surface area contributed by atoms with Crippen LogP contribution in [0.5, 0.6) is 0 Å². The summed E-state index contributed by atoms with van der Waals surface area (Å²) in [5.74, 6) is -3.01. The monoisotopic (exact) mass is 294 g/mol. The van der Waals surface area contributed by atoms with Crippen LogP contribution in [0.25, 0.3) is 0 Å². The maximum absolute atomic E-state index is 12.4. The molecule has 1 saturated carbocycles. The third-order valence-corrected chi connectivity index (χ3v) is 4.36. The van der Waals surface area contributed by atoms with Crippen molar-refractivity contribution < 1.29 is 27.9 Å². The molecule has 1 amide bonds. The van der Waals surface area contributed by atoms with Crippen LogP contribution in [0.2, 0.25) is 0 Å². The zero-order chi connectivity index (χ0) is 15.0. The number of halogens is 3. The number of aliphatic carboxylic acids is 1. The van der Waals surface area contributed by atoms with Crippen molar-refractivity contribution in [2.24, 2.45) is 5.92 Å². The maximum Gasteiger partial charge on any atom is 0.471 e. The van der Waals surface area contributed by atoms with Crippen molar-refractivity contribution in [3.8, 4) is 0 Å². The average Bonchev–Trinajstić information content (AvgIpc) is 2.32. The van der Waals surface area contributed by atoms with Gasteiger partial charge in [0.25, 0.3) is 0 Å². The fourth-order valence-electron chi connectivity index (χ4n) is 3.03. The van der Waals surface area contributed by atoms with Gasteiger partial charge in [-0.2, -0.15) is 13.2 Å². The molecule has 20 heavy (non-hydrogen) atoms. The van der Waals surface area contributed by atoms with Gasteiger partial charge in [0.2, 0.25) is 0 Å². The fourth-order valence-corrected chi connectivity index (χ4v) is 3.03. The minimum absolute atomic E-state index is 0.154. The average molecular weight is 294 g/mol. The first kappa shape index (κ1) is 15.1. The molecule has 0 radical (unpaired) electrons. The molecule has 2 atom stereocenters. The Morgan fingerprint density at radius 1 is 1.25 bits per heavy atom. The standard InChI is InChI=1S/C12H17F3N2O3/c13-12(14,15)10(20)17-11(4-1-5-11)7-2-3-8(9(18)19)16-6-7/h7-8,16H,1-6H2,(H,17,20)(H,18,19). The van der Waals surface area contributed by atoms with E-state index in [4.69, 9.17) is 5.11 Å². The predicted octanol–water partition coefficient (Wildman–Crippen LogP) is 1.04. The Balaban J connectivity index is 1.98. The van der Waals surface area contributed by atoms with Crippen LogP contribution in [0.15, 0.2) is 0 Å². The van der Waals surface area contributed by atoms with E-state index in [1.165, 1.54) is 0 Å². The number of rotatable bonds is 3. The number of carboxylic acid groups (broad SMARTS) is 1. The molecule has 0 aromatic rings. The highest BCUT2D eigenvalue weighted by molar-refractivity contribution is 5.82. The van der Waals surface area contributed by atoms with E-state index in [0.717, 1.165) is 6.42 Å². The number of carbonyl (C=O) groups excluding carboxylic acids is 1. The lowest BCUT2D eigenvalue weighted by molar-refractivity contribution is -0.178. The number of piperidine rings is 1. The first-order chi connectivity index (χ1) is 9.24. The van der Waals surface area contributed by atoms with Crippen LogP contribution in [-0.2, 0) is 9.59 Å². The molecule has 2 unspecified atom stereocenters. The van der Waals surface area contributed by atoms with E-state index >= 15 is 0 Å². The van der Waals surface area contributed by atoms with Gasteiger partial charge in [0.1, 0.15) is 6.04 Å². The van der Waals surface area contributed by atoms with Crippen molar-refractivity contribution in [1.29, 1.82) is 0 Å². The van der Waals surface area contributed by atoms with Crippen LogP contribution < -0.4 is 10.6 Å². The number of carboxylic acids is 1. The first-order valence-corrected chi connectivity index (χ1v) is 6.60. The van der Waals surface area contributed by atoms with Crippen molar-refractivity contribution >= 4 is 11.9 Å². The first-order valence-electron chi connectivity index (χ1n) is 6.60. The number of hydrogen-bond acceptors (Lipinski definition) is 3. The van der Waals surface area contributed by atoms with Crippen LogP contribution in [0.4, 0.5) is 13.2 Å². The molecular weight excluding hydrogens is 277 g/mol. The quantitative estimate of drug-likeness (QED) is 0.727. The molecule has 3 N–H and O–H groups in total. The molecule has 1 aliphatic heterocycles. The molecule has 8 heteroatoms. The third kappa shape index (κ3) is 2.89. The van der Waals surface area contributed by atoms with Crippen LogP contribution in [0.1, 0.15) is 32.1 Å². The summed E-state index contributed by atoms with van der Waals surface area (Å²) in [6.07, 6.45) is -2.21. The summed E-state index contributed by atoms with van der Waals surface area (Å²) in [5, 5.41) is 13.8. The van der Waals surface area contributed by atoms with E-state index in [-0.39, 0.29) is 5.92 Å². The lowest BCUT2D eigenvalue weighted by Crippen LogP contribution is -2.64. The highest BCUT2D eigenvalue weighted by atomic mass is 19.4. The summed E-state index contributed by atoms with van der Waals surface area (Å²) in [4.78, 5) is 22.0. The Bertz CT molecular complexity index is 399. The van der Waals surface area contributed by atoms with Gasteiger partial charge in [-0.25, -0.2) is 0 Å². The van der Waals surface area contributed by atoms with E-state index in [2.05, 4.69) is 10.6 Å². The Kier molecular flexibility index (Phi) is 3.95. The molecule has 2 rings (SSSR count). The zero-order valence-electron chi connectivity index (χ0n) is 10.8. The molecule has 1 heterocycles. The molecule has 1 saturated heterocycles. The fraction of sp³-hybridized carbons (Fsp3) is 0.833. The van der Waals surface area contributed by atoms with Crippen LogP contribution in [-0.4, -0.2) is 41.3 Å². The molecule has 2 aliphatic rings. The van der Waals surface area contributed by atoms with Gasteiger partial charge in [-0.3, -0.25) is 9.59 Å². The number of carbonyl (C=O) groups is 2. The zero-order valence-corrected chi connectivity index (χ0v) is 10.8. The molecule has 0 bridgehead atoms. The van der Waals surface area contributed by atoms with Gasteiger partial charge in [0.15, 0.2) is 0 Å². The SMILES string of the molecule is O=C(O)C1CCC(C2(NC(=O)C(F)(F)F)CCC2)CN1. The minimum Gasteiger partial charge on any atom is -0.480 e. The van der Waals surface area contributed by atoms with Crippen molar-refractivity contribution in [1.82, 2.24) is 10.6 Å². The Morgan fingerprint density at radius 3 is 2.25 bits per heavy atom. The number of amides is 1. The molecule has 5 nitrogen and oxygen atoms in total. The molecule has 1 aliphatic carbocycles. The minimum atomic E-state index is -4.88. The van der Waals surface area contributed by atoms with Crippen LogP contribution >= 0.6 is 0 Å². The molecule has 2 fully saturated rings. The molecular formula is C12H17F3N2O3. The second-order valence-corrected chi connectivity index (χ2v) is 5.53. The lowest BCUT2D eigenvalue weighted by Gasteiger charge is -2.50. The Morgan fingerprint density at radius 2 is 1.90 bits per heavy atom. The Hall–Kier alpha value is -1.31. The predicted molar refractivity (Wildman–Crippen MR) is 62.9 cm³/mol. The van der Waals surface area contributed by atoms with Gasteiger partial charge in [-0.05, 0) is 38.0 Å². The normalized spacial score (nSPS) is 29.4. The summed E-state index contributed by atoms with van der Waals surface area (Å²) in [6.45, 7) is 0.315. The highest BCUT2D eigenvalue weighted by Gasteiger charge is 2.50. The topological polar surface area (TPSA) is 78.4 Å². The van der Waals surface area contributed by atoms with Crippen molar-refractivity contribution in [2.45, 2.75) is 49.9 Å². The van der Waals surface area contributed by atoms with Gasteiger partial charge in [-0.15, -0.1) is 0 Å². The third-order valence-electron chi connectivity index (χ3n) is 4.36. The summed E-state index contributed by atoms with van der Waals surface area (Å²) in [5.41, 5.74) is -0.830. The highest BCUT2D eigenvalue weighted by Crippen LogP contribution is 2.42.